The van der Waals surface area contributed by atoms with E-state index in [4.69, 9.17) is 4.98 Å². The van der Waals surface area contributed by atoms with E-state index in [9.17, 15) is 0 Å². The number of hydrogen-bond acceptors (Lipinski definition) is 3. The van der Waals surface area contributed by atoms with Gasteiger partial charge in [-0.1, -0.05) is 31.4 Å². The van der Waals surface area contributed by atoms with Gasteiger partial charge in [0.25, 0.3) is 0 Å². The highest BCUT2D eigenvalue weighted by Gasteiger charge is 2.17. The molecule has 1 saturated carbocycles. The molecule has 1 N–H and O–H groups in total. The largest absolute Gasteiger partial charge is 0.308 e. The zero-order chi connectivity index (χ0) is 12.4. The summed E-state index contributed by atoms with van der Waals surface area (Å²) in [5.74, 6) is 0.986. The summed E-state index contributed by atoms with van der Waals surface area (Å²) in [7, 11) is 0. The van der Waals surface area contributed by atoms with Crippen LogP contribution in [0.15, 0.2) is 24.3 Å². The molecule has 1 unspecified atom stereocenters. The predicted molar refractivity (Wildman–Crippen MR) is 78.0 cm³/mol. The topological polar surface area (TPSA) is 24.9 Å². The Kier molecular flexibility index (Phi) is 3.62. The molecule has 0 spiro atoms. The van der Waals surface area contributed by atoms with Crippen molar-refractivity contribution >= 4 is 21.6 Å². The smallest absolute Gasteiger partial charge is 0.111 e. The molecule has 96 valence electrons. The van der Waals surface area contributed by atoms with Gasteiger partial charge in [-0.05, 0) is 37.9 Å². The fraction of sp³-hybridized carbons (Fsp3) is 0.533. The highest BCUT2D eigenvalue weighted by atomic mass is 32.1. The zero-order valence-corrected chi connectivity index (χ0v) is 11.7. The van der Waals surface area contributed by atoms with Crippen molar-refractivity contribution in [2.75, 3.05) is 6.54 Å². The van der Waals surface area contributed by atoms with E-state index < -0.39 is 0 Å². The van der Waals surface area contributed by atoms with Gasteiger partial charge >= 0.3 is 0 Å². The van der Waals surface area contributed by atoms with Gasteiger partial charge in [0, 0.05) is 0 Å². The maximum atomic E-state index is 4.70. The van der Waals surface area contributed by atoms with E-state index in [1.807, 2.05) is 11.3 Å². The minimum Gasteiger partial charge on any atom is -0.308 e. The minimum atomic E-state index is 0.377. The van der Waals surface area contributed by atoms with E-state index in [1.54, 1.807) is 0 Å². The molecule has 1 heterocycles. The number of hydrogen-bond donors (Lipinski definition) is 1. The molecule has 2 nitrogen and oxygen atoms in total. The summed E-state index contributed by atoms with van der Waals surface area (Å²) in [6.07, 6.45) is 5.65. The molecule has 1 aliphatic rings. The summed E-state index contributed by atoms with van der Waals surface area (Å²) in [5.41, 5.74) is 1.13. The molecular weight excluding hydrogens is 240 g/mol. The van der Waals surface area contributed by atoms with Crippen LogP contribution in [0.25, 0.3) is 10.2 Å². The number of aromatic nitrogens is 1. The van der Waals surface area contributed by atoms with Gasteiger partial charge in [0.1, 0.15) is 5.01 Å². The van der Waals surface area contributed by atoms with Crippen LogP contribution in [-0.4, -0.2) is 11.5 Å². The fourth-order valence-corrected chi connectivity index (χ4v) is 3.44. The summed E-state index contributed by atoms with van der Waals surface area (Å²) in [4.78, 5) is 4.70. The number of nitrogens with zero attached hydrogens (tertiary/aromatic N) is 1. The number of para-hydroxylation sites is 1. The molecule has 1 fully saturated rings. The second kappa shape index (κ2) is 5.37. The second-order valence-electron chi connectivity index (χ2n) is 5.28. The van der Waals surface area contributed by atoms with Gasteiger partial charge in [0.2, 0.25) is 0 Å². The molecule has 3 rings (SSSR count). The molecule has 2 aromatic rings. The molecule has 0 bridgehead atoms. The summed E-state index contributed by atoms with van der Waals surface area (Å²) in [6, 6.07) is 8.76. The van der Waals surface area contributed by atoms with Gasteiger partial charge in [-0.15, -0.1) is 11.3 Å². The third-order valence-corrected chi connectivity index (χ3v) is 5.13. The van der Waals surface area contributed by atoms with Crippen LogP contribution in [0.5, 0.6) is 0 Å². The van der Waals surface area contributed by atoms with E-state index in [2.05, 4.69) is 36.5 Å². The lowest BCUT2D eigenvalue weighted by Crippen LogP contribution is -2.23. The van der Waals surface area contributed by atoms with E-state index >= 15 is 0 Å². The first-order chi connectivity index (χ1) is 8.83. The Hall–Kier alpha value is -0.930. The summed E-state index contributed by atoms with van der Waals surface area (Å²) in [5, 5.41) is 4.82. The zero-order valence-electron chi connectivity index (χ0n) is 10.9. The molecule has 0 aliphatic heterocycles. The van der Waals surface area contributed by atoms with E-state index in [0.717, 1.165) is 18.0 Å². The minimum absolute atomic E-state index is 0.377. The van der Waals surface area contributed by atoms with Crippen LogP contribution < -0.4 is 5.32 Å². The molecule has 1 aromatic carbocycles. The molecule has 18 heavy (non-hydrogen) atoms. The molecule has 3 heteroatoms. The number of nitrogens with one attached hydrogen (secondary N) is 1. The van der Waals surface area contributed by atoms with Gasteiger partial charge in [-0.25, -0.2) is 4.98 Å². The fourth-order valence-electron chi connectivity index (χ4n) is 2.45. The van der Waals surface area contributed by atoms with Crippen molar-refractivity contribution in [3.63, 3.8) is 0 Å². The van der Waals surface area contributed by atoms with Crippen LogP contribution in [0.3, 0.4) is 0 Å². The van der Waals surface area contributed by atoms with Gasteiger partial charge in [0.15, 0.2) is 0 Å². The third kappa shape index (κ3) is 2.57. The number of fused-ring (bicyclic) bond motifs is 1. The Bertz CT molecular complexity index is 483. The maximum Gasteiger partial charge on any atom is 0.111 e. The lowest BCUT2D eigenvalue weighted by atomic mass is 9.83. The van der Waals surface area contributed by atoms with Gasteiger partial charge in [-0.2, -0.15) is 0 Å². The maximum absolute atomic E-state index is 4.70. The van der Waals surface area contributed by atoms with Crippen LogP contribution in [0, 0.1) is 5.92 Å². The molecule has 1 aliphatic carbocycles. The van der Waals surface area contributed by atoms with Gasteiger partial charge in [-0.3, -0.25) is 0 Å². The molecule has 0 amide bonds. The van der Waals surface area contributed by atoms with Crippen molar-refractivity contribution in [3.05, 3.63) is 29.3 Å². The van der Waals surface area contributed by atoms with E-state index in [1.165, 1.54) is 35.4 Å². The molecule has 0 radical (unpaired) electrons. The summed E-state index contributed by atoms with van der Waals surface area (Å²) >= 11 is 1.81. The lowest BCUT2D eigenvalue weighted by Gasteiger charge is -2.25. The average molecular weight is 260 g/mol. The monoisotopic (exact) mass is 260 g/mol. The SMILES string of the molecule is CC(NCCC1CCC1)c1nc2ccccc2s1. The lowest BCUT2D eigenvalue weighted by molar-refractivity contribution is 0.288. The quantitative estimate of drug-likeness (QED) is 0.874. The third-order valence-electron chi connectivity index (χ3n) is 3.91. The number of benzene rings is 1. The Morgan fingerprint density at radius 1 is 1.39 bits per heavy atom. The predicted octanol–water partition coefficient (Wildman–Crippen LogP) is 4.14. The van der Waals surface area contributed by atoms with Crippen LogP contribution in [-0.2, 0) is 0 Å². The van der Waals surface area contributed by atoms with Gasteiger partial charge < -0.3 is 5.32 Å². The van der Waals surface area contributed by atoms with Crippen molar-refractivity contribution in [3.8, 4) is 0 Å². The van der Waals surface area contributed by atoms with Crippen molar-refractivity contribution in [2.45, 2.75) is 38.6 Å². The van der Waals surface area contributed by atoms with Gasteiger partial charge in [0.05, 0.1) is 16.3 Å². The van der Waals surface area contributed by atoms with Crippen molar-refractivity contribution in [1.29, 1.82) is 0 Å². The first-order valence-electron chi connectivity index (χ1n) is 6.92. The summed E-state index contributed by atoms with van der Waals surface area (Å²) < 4.78 is 1.29. The number of rotatable bonds is 5. The summed E-state index contributed by atoms with van der Waals surface area (Å²) in [6.45, 7) is 3.35. The Balaban J connectivity index is 1.58. The van der Waals surface area contributed by atoms with E-state index in [-0.39, 0.29) is 0 Å². The average Bonchev–Trinajstić information content (AvgIpc) is 2.75. The first kappa shape index (κ1) is 12.1. The van der Waals surface area contributed by atoms with Crippen molar-refractivity contribution < 1.29 is 0 Å². The Morgan fingerprint density at radius 3 is 2.94 bits per heavy atom. The van der Waals surface area contributed by atoms with Crippen LogP contribution in [0.1, 0.15) is 43.7 Å². The van der Waals surface area contributed by atoms with Crippen LogP contribution in [0.4, 0.5) is 0 Å². The molecular formula is C15H20N2S. The molecule has 1 atom stereocenters. The second-order valence-corrected chi connectivity index (χ2v) is 6.34. The standard InChI is InChI=1S/C15H20N2S/c1-11(16-10-9-12-5-4-6-12)15-17-13-7-2-3-8-14(13)18-15/h2-3,7-8,11-12,16H,4-6,9-10H2,1H3. The van der Waals surface area contributed by atoms with Crippen molar-refractivity contribution in [1.82, 2.24) is 10.3 Å². The first-order valence-corrected chi connectivity index (χ1v) is 7.73. The molecule has 1 aromatic heterocycles. The van der Waals surface area contributed by atoms with E-state index in [0.29, 0.717) is 6.04 Å². The number of thiazole rings is 1. The molecule has 0 saturated heterocycles. The van der Waals surface area contributed by atoms with Crippen LogP contribution in [0.2, 0.25) is 0 Å². The highest BCUT2D eigenvalue weighted by molar-refractivity contribution is 7.18. The van der Waals surface area contributed by atoms with Crippen LogP contribution >= 0.6 is 11.3 Å². The normalized spacial score (nSPS) is 17.8. The Morgan fingerprint density at radius 2 is 2.22 bits per heavy atom. The Labute approximate surface area is 112 Å². The highest BCUT2D eigenvalue weighted by Crippen LogP contribution is 2.29. The van der Waals surface area contributed by atoms with Crippen molar-refractivity contribution in [2.24, 2.45) is 5.92 Å².